The van der Waals surface area contributed by atoms with Crippen molar-refractivity contribution in [2.45, 2.75) is 26.7 Å². The van der Waals surface area contributed by atoms with Crippen LogP contribution in [0.2, 0.25) is 10.0 Å². The predicted molar refractivity (Wildman–Crippen MR) is 141 cm³/mol. The lowest BCUT2D eigenvalue weighted by Gasteiger charge is -2.17. The standard InChI is InChI=1S/C25H32Cl2N4O3/c1-6-31(7-2)11-9-8-10-28-21-13-18-16(15-29-21)12-17(25(32)30(18)3)22-23(26)19(33-4)14-20(34-5)24(22)27/h12-15H,6-11H2,1-5H3,(H,28,29). The van der Waals surface area contributed by atoms with Gasteiger partial charge in [-0.15, -0.1) is 0 Å². The summed E-state index contributed by atoms with van der Waals surface area (Å²) < 4.78 is 12.3. The number of aromatic nitrogens is 2. The number of nitrogens with one attached hydrogen (secondary N) is 1. The number of halogens is 2. The van der Waals surface area contributed by atoms with Crippen molar-refractivity contribution in [1.82, 2.24) is 14.5 Å². The summed E-state index contributed by atoms with van der Waals surface area (Å²) in [6.07, 6.45) is 3.91. The van der Waals surface area contributed by atoms with E-state index in [1.807, 2.05) is 6.07 Å². The number of benzene rings is 1. The van der Waals surface area contributed by atoms with E-state index in [0.717, 1.165) is 55.7 Å². The lowest BCUT2D eigenvalue weighted by Crippen LogP contribution is -2.24. The van der Waals surface area contributed by atoms with E-state index in [9.17, 15) is 4.79 Å². The van der Waals surface area contributed by atoms with Gasteiger partial charge in [0.15, 0.2) is 0 Å². The van der Waals surface area contributed by atoms with Crippen molar-refractivity contribution in [3.05, 3.63) is 44.8 Å². The Kier molecular flexibility index (Phi) is 9.05. The fourth-order valence-electron chi connectivity index (χ4n) is 3.98. The van der Waals surface area contributed by atoms with E-state index in [1.54, 1.807) is 29.9 Å². The van der Waals surface area contributed by atoms with Crippen molar-refractivity contribution in [3.63, 3.8) is 0 Å². The number of hydrogen-bond donors (Lipinski definition) is 1. The molecule has 0 aliphatic carbocycles. The molecule has 0 unspecified atom stereocenters. The molecule has 0 spiro atoms. The Morgan fingerprint density at radius 3 is 2.26 bits per heavy atom. The van der Waals surface area contributed by atoms with Crippen molar-refractivity contribution in [1.29, 1.82) is 0 Å². The van der Waals surface area contributed by atoms with Crippen LogP contribution in [0.5, 0.6) is 11.5 Å². The van der Waals surface area contributed by atoms with Crippen molar-refractivity contribution in [3.8, 4) is 22.6 Å². The van der Waals surface area contributed by atoms with Gasteiger partial charge in [-0.3, -0.25) is 4.79 Å². The van der Waals surface area contributed by atoms with Gasteiger partial charge in [-0.25, -0.2) is 4.98 Å². The minimum absolute atomic E-state index is 0.233. The van der Waals surface area contributed by atoms with Crippen molar-refractivity contribution in [2.75, 3.05) is 45.7 Å². The largest absolute Gasteiger partial charge is 0.495 e. The highest BCUT2D eigenvalue weighted by Gasteiger charge is 2.22. The van der Waals surface area contributed by atoms with Gasteiger partial charge >= 0.3 is 0 Å². The van der Waals surface area contributed by atoms with Gasteiger partial charge in [0.05, 0.1) is 35.3 Å². The summed E-state index contributed by atoms with van der Waals surface area (Å²) in [5.74, 6) is 1.48. The number of hydrogen-bond acceptors (Lipinski definition) is 6. The van der Waals surface area contributed by atoms with Gasteiger partial charge in [0, 0.05) is 42.9 Å². The van der Waals surface area contributed by atoms with Crippen LogP contribution in [0, 0.1) is 0 Å². The maximum absolute atomic E-state index is 13.3. The maximum Gasteiger partial charge on any atom is 0.258 e. The van der Waals surface area contributed by atoms with E-state index in [0.29, 0.717) is 22.6 Å². The third-order valence-corrected chi connectivity index (χ3v) is 6.80. The molecule has 0 radical (unpaired) electrons. The van der Waals surface area contributed by atoms with Crippen LogP contribution in [0.1, 0.15) is 26.7 Å². The maximum atomic E-state index is 13.3. The van der Waals surface area contributed by atoms with Crippen molar-refractivity contribution < 1.29 is 9.47 Å². The normalized spacial score (nSPS) is 11.3. The molecule has 0 saturated heterocycles. The summed E-state index contributed by atoms with van der Waals surface area (Å²) in [4.78, 5) is 20.3. The van der Waals surface area contributed by atoms with Crippen LogP contribution in [0.25, 0.3) is 22.0 Å². The zero-order valence-electron chi connectivity index (χ0n) is 20.4. The molecule has 0 bridgehead atoms. The zero-order chi connectivity index (χ0) is 24.8. The molecule has 2 heterocycles. The van der Waals surface area contributed by atoms with E-state index >= 15 is 0 Å². The minimum Gasteiger partial charge on any atom is -0.495 e. The van der Waals surface area contributed by atoms with Gasteiger partial charge in [0.1, 0.15) is 17.3 Å². The first-order valence-corrected chi connectivity index (χ1v) is 12.2. The second kappa shape index (κ2) is 11.8. The van der Waals surface area contributed by atoms with Gasteiger partial charge in [0.2, 0.25) is 0 Å². The molecule has 7 nitrogen and oxygen atoms in total. The number of methoxy groups -OCH3 is 2. The fraction of sp³-hybridized carbons (Fsp3) is 0.440. The van der Waals surface area contributed by atoms with Crippen LogP contribution < -0.4 is 20.3 Å². The van der Waals surface area contributed by atoms with Crippen LogP contribution in [-0.2, 0) is 7.05 Å². The smallest absolute Gasteiger partial charge is 0.258 e. The summed E-state index contributed by atoms with van der Waals surface area (Å²) in [5.41, 5.74) is 1.25. The number of ether oxygens (including phenoxy) is 2. The SMILES string of the molecule is CCN(CC)CCCCNc1cc2c(cn1)cc(-c1c(Cl)c(OC)cc(OC)c1Cl)c(=O)n2C. The molecule has 0 fully saturated rings. The monoisotopic (exact) mass is 506 g/mol. The van der Waals surface area contributed by atoms with Crippen LogP contribution in [0.15, 0.2) is 29.2 Å². The zero-order valence-corrected chi connectivity index (χ0v) is 21.9. The van der Waals surface area contributed by atoms with E-state index < -0.39 is 0 Å². The molecule has 0 amide bonds. The van der Waals surface area contributed by atoms with E-state index in [-0.39, 0.29) is 15.6 Å². The van der Waals surface area contributed by atoms with Gasteiger partial charge in [-0.1, -0.05) is 37.0 Å². The number of fused-ring (bicyclic) bond motifs is 1. The minimum atomic E-state index is -0.233. The number of rotatable bonds is 11. The number of anilines is 1. The van der Waals surface area contributed by atoms with Crippen LogP contribution in [0.3, 0.4) is 0 Å². The van der Waals surface area contributed by atoms with Gasteiger partial charge < -0.3 is 24.3 Å². The highest BCUT2D eigenvalue weighted by Crippen LogP contribution is 2.45. The molecule has 0 saturated carbocycles. The van der Waals surface area contributed by atoms with Gasteiger partial charge in [-0.2, -0.15) is 0 Å². The van der Waals surface area contributed by atoms with E-state index in [4.69, 9.17) is 32.7 Å². The number of aryl methyl sites for hydroxylation is 1. The Balaban J connectivity index is 1.90. The van der Waals surface area contributed by atoms with Crippen molar-refractivity contribution in [2.24, 2.45) is 7.05 Å². The molecule has 184 valence electrons. The molecule has 3 rings (SSSR count). The lowest BCUT2D eigenvalue weighted by atomic mass is 10.0. The average molecular weight is 507 g/mol. The summed E-state index contributed by atoms with van der Waals surface area (Å²) in [5, 5.41) is 4.66. The first kappa shape index (κ1) is 26.1. The van der Waals surface area contributed by atoms with Crippen LogP contribution >= 0.6 is 23.2 Å². The van der Waals surface area contributed by atoms with E-state index in [1.165, 1.54) is 14.2 Å². The Morgan fingerprint density at radius 1 is 1.03 bits per heavy atom. The van der Waals surface area contributed by atoms with E-state index in [2.05, 4.69) is 29.0 Å². The molecule has 9 heteroatoms. The Morgan fingerprint density at radius 2 is 1.68 bits per heavy atom. The second-order valence-corrected chi connectivity index (χ2v) is 8.75. The summed E-state index contributed by atoms with van der Waals surface area (Å²) in [7, 11) is 4.72. The predicted octanol–water partition coefficient (Wildman–Crippen LogP) is 5.46. The summed E-state index contributed by atoms with van der Waals surface area (Å²) >= 11 is 13.1. The molecule has 1 N–H and O–H groups in total. The number of nitrogens with zero attached hydrogens (tertiary/aromatic N) is 3. The van der Waals surface area contributed by atoms with Gasteiger partial charge in [0.25, 0.3) is 5.56 Å². The molecular weight excluding hydrogens is 475 g/mol. The third kappa shape index (κ3) is 5.43. The fourth-order valence-corrected chi connectivity index (χ4v) is 4.68. The molecular formula is C25H32Cl2N4O3. The molecule has 2 aromatic heterocycles. The Bertz CT molecular complexity index is 1180. The quantitative estimate of drug-likeness (QED) is 0.348. The number of unbranched alkanes of at least 4 members (excludes halogenated alkanes) is 1. The second-order valence-electron chi connectivity index (χ2n) is 8.00. The van der Waals surface area contributed by atoms with Gasteiger partial charge in [-0.05, 0) is 38.5 Å². The summed E-state index contributed by atoms with van der Waals surface area (Å²) in [6, 6.07) is 5.24. The molecule has 34 heavy (non-hydrogen) atoms. The van der Waals surface area contributed by atoms with Crippen molar-refractivity contribution >= 4 is 39.9 Å². The highest BCUT2D eigenvalue weighted by molar-refractivity contribution is 6.41. The molecule has 1 aromatic carbocycles. The average Bonchev–Trinajstić information content (AvgIpc) is 2.85. The number of pyridine rings is 2. The lowest BCUT2D eigenvalue weighted by molar-refractivity contribution is 0.298. The molecule has 0 atom stereocenters. The van der Waals surface area contributed by atoms with Crippen LogP contribution in [0.4, 0.5) is 5.82 Å². The topological polar surface area (TPSA) is 68.6 Å². The summed E-state index contributed by atoms with van der Waals surface area (Å²) in [6.45, 7) is 8.43. The Labute approximate surface area is 210 Å². The van der Waals surface area contributed by atoms with Crippen LogP contribution in [-0.4, -0.2) is 54.8 Å². The first-order chi connectivity index (χ1) is 16.4. The third-order valence-electron chi connectivity index (χ3n) is 6.05. The first-order valence-electron chi connectivity index (χ1n) is 11.4. The Hall–Kier alpha value is -2.48. The highest BCUT2D eigenvalue weighted by atomic mass is 35.5. The molecule has 0 aliphatic heterocycles. The molecule has 0 aliphatic rings. The molecule has 3 aromatic rings.